The van der Waals surface area contributed by atoms with Gasteiger partial charge < -0.3 is 14.6 Å². The van der Waals surface area contributed by atoms with Gasteiger partial charge in [0, 0.05) is 0 Å². The van der Waals surface area contributed by atoms with Crippen LogP contribution in [0.5, 0.6) is 17.4 Å². The summed E-state index contributed by atoms with van der Waals surface area (Å²) < 4.78 is 12.5. The smallest absolute Gasteiger partial charge is 0.334 e. The second-order valence-electron chi connectivity index (χ2n) is 5.99. The number of rotatable bonds is 6. The van der Waals surface area contributed by atoms with E-state index in [1.54, 1.807) is 62.8 Å². The highest BCUT2D eigenvalue weighted by Crippen LogP contribution is 2.14. The Kier molecular flexibility index (Phi) is 5.30. The number of aromatic hydroxyl groups is 1. The first-order valence-electron chi connectivity index (χ1n) is 8.31. The molecular formula is C20H20N2O5. The number of methoxy groups -OCH3 is 2. The second kappa shape index (κ2) is 7.82. The second-order valence-corrected chi connectivity index (χ2v) is 5.99. The molecule has 0 bridgehead atoms. The lowest BCUT2D eigenvalue weighted by Gasteiger charge is -2.13. The van der Waals surface area contributed by atoms with Gasteiger partial charge in [0.15, 0.2) is 0 Å². The molecule has 0 saturated heterocycles. The SMILES string of the molecule is COc1ccc(Cn2c(O)cc(=O)n(Cc3ccc(OC)cc3)c2=O)cc1. The van der Waals surface area contributed by atoms with Crippen LogP contribution >= 0.6 is 0 Å². The van der Waals surface area contributed by atoms with Crippen molar-refractivity contribution in [2.75, 3.05) is 14.2 Å². The van der Waals surface area contributed by atoms with Crippen molar-refractivity contribution in [3.05, 3.63) is 86.6 Å². The Morgan fingerprint density at radius 1 is 0.778 bits per heavy atom. The summed E-state index contributed by atoms with van der Waals surface area (Å²) in [5, 5.41) is 10.1. The number of hydrogen-bond donors (Lipinski definition) is 1. The van der Waals surface area contributed by atoms with Crippen molar-refractivity contribution in [1.82, 2.24) is 9.13 Å². The number of hydrogen-bond acceptors (Lipinski definition) is 5. The average Bonchev–Trinajstić information content (AvgIpc) is 2.69. The van der Waals surface area contributed by atoms with Gasteiger partial charge in [-0.3, -0.25) is 13.9 Å². The van der Waals surface area contributed by atoms with Gasteiger partial charge in [-0.15, -0.1) is 0 Å². The maximum Gasteiger partial charge on any atom is 0.334 e. The third kappa shape index (κ3) is 4.03. The zero-order chi connectivity index (χ0) is 19.4. The predicted molar refractivity (Wildman–Crippen MR) is 101 cm³/mol. The third-order valence-electron chi connectivity index (χ3n) is 4.26. The molecule has 0 amide bonds. The highest BCUT2D eigenvalue weighted by atomic mass is 16.5. The van der Waals surface area contributed by atoms with Gasteiger partial charge in [0.2, 0.25) is 5.88 Å². The minimum absolute atomic E-state index is 0.102. The van der Waals surface area contributed by atoms with Crippen LogP contribution in [0.4, 0.5) is 0 Å². The molecule has 0 aliphatic heterocycles. The first kappa shape index (κ1) is 18.3. The first-order chi connectivity index (χ1) is 13.0. The monoisotopic (exact) mass is 368 g/mol. The van der Waals surface area contributed by atoms with Crippen molar-refractivity contribution in [1.29, 1.82) is 0 Å². The van der Waals surface area contributed by atoms with Gasteiger partial charge in [0.1, 0.15) is 11.5 Å². The Morgan fingerprint density at radius 3 is 1.67 bits per heavy atom. The molecule has 0 saturated carbocycles. The number of ether oxygens (including phenoxy) is 2. The van der Waals surface area contributed by atoms with E-state index in [2.05, 4.69) is 0 Å². The molecule has 27 heavy (non-hydrogen) atoms. The minimum Gasteiger partial charge on any atom is -0.497 e. The molecule has 140 valence electrons. The Labute approximate surface area is 155 Å². The van der Waals surface area contributed by atoms with Gasteiger partial charge in [0.05, 0.1) is 33.4 Å². The lowest BCUT2D eigenvalue weighted by Crippen LogP contribution is -2.39. The molecule has 7 heteroatoms. The summed E-state index contributed by atoms with van der Waals surface area (Å²) in [6.45, 7) is 0.238. The molecule has 1 aromatic heterocycles. The Bertz CT molecular complexity index is 1030. The minimum atomic E-state index is -0.577. The van der Waals surface area contributed by atoms with E-state index in [1.165, 1.54) is 0 Å². The molecule has 7 nitrogen and oxygen atoms in total. The largest absolute Gasteiger partial charge is 0.497 e. The molecule has 0 atom stereocenters. The van der Waals surface area contributed by atoms with Crippen LogP contribution in [0.2, 0.25) is 0 Å². The van der Waals surface area contributed by atoms with Crippen LogP contribution in [0, 0.1) is 0 Å². The molecule has 0 aliphatic carbocycles. The van der Waals surface area contributed by atoms with Crippen molar-refractivity contribution in [2.24, 2.45) is 0 Å². The maximum absolute atomic E-state index is 12.8. The van der Waals surface area contributed by atoms with E-state index >= 15 is 0 Å². The number of nitrogens with zero attached hydrogens (tertiary/aromatic N) is 2. The summed E-state index contributed by atoms with van der Waals surface area (Å²) in [6.07, 6.45) is 0. The van der Waals surface area contributed by atoms with E-state index < -0.39 is 11.2 Å². The Hall–Kier alpha value is -3.48. The fraction of sp³-hybridized carbons (Fsp3) is 0.200. The van der Waals surface area contributed by atoms with Crippen LogP contribution in [0.1, 0.15) is 11.1 Å². The van der Waals surface area contributed by atoms with Crippen molar-refractivity contribution in [3.8, 4) is 17.4 Å². The van der Waals surface area contributed by atoms with Gasteiger partial charge in [0.25, 0.3) is 5.56 Å². The predicted octanol–water partition coefficient (Wildman–Crippen LogP) is 1.83. The van der Waals surface area contributed by atoms with Gasteiger partial charge in [-0.1, -0.05) is 24.3 Å². The van der Waals surface area contributed by atoms with Gasteiger partial charge in [-0.05, 0) is 35.4 Å². The van der Waals surface area contributed by atoms with Gasteiger partial charge in [-0.2, -0.15) is 0 Å². The summed E-state index contributed by atoms with van der Waals surface area (Å²) in [4.78, 5) is 25.0. The van der Waals surface area contributed by atoms with E-state index in [1.807, 2.05) is 0 Å². The van der Waals surface area contributed by atoms with Crippen LogP contribution in [-0.4, -0.2) is 28.5 Å². The molecule has 0 aliphatic rings. The third-order valence-corrected chi connectivity index (χ3v) is 4.26. The van der Waals surface area contributed by atoms with Gasteiger partial charge in [-0.25, -0.2) is 4.79 Å². The van der Waals surface area contributed by atoms with E-state index in [4.69, 9.17) is 9.47 Å². The van der Waals surface area contributed by atoms with Crippen LogP contribution in [-0.2, 0) is 13.1 Å². The summed E-state index contributed by atoms with van der Waals surface area (Å²) in [5.41, 5.74) is 0.436. The fourth-order valence-corrected chi connectivity index (χ4v) is 2.73. The summed E-state index contributed by atoms with van der Waals surface area (Å²) in [7, 11) is 3.14. The lowest BCUT2D eigenvalue weighted by atomic mass is 10.2. The van der Waals surface area contributed by atoms with E-state index in [9.17, 15) is 14.7 Å². The zero-order valence-corrected chi connectivity index (χ0v) is 15.1. The molecular weight excluding hydrogens is 348 g/mol. The van der Waals surface area contributed by atoms with Crippen molar-refractivity contribution < 1.29 is 14.6 Å². The Balaban J connectivity index is 1.94. The fourth-order valence-electron chi connectivity index (χ4n) is 2.73. The van der Waals surface area contributed by atoms with Crippen molar-refractivity contribution in [3.63, 3.8) is 0 Å². The van der Waals surface area contributed by atoms with Crippen LogP contribution < -0.4 is 20.7 Å². The Morgan fingerprint density at radius 2 is 1.22 bits per heavy atom. The van der Waals surface area contributed by atoms with Crippen LogP contribution in [0.25, 0.3) is 0 Å². The molecule has 0 fully saturated rings. The van der Waals surface area contributed by atoms with Crippen molar-refractivity contribution in [2.45, 2.75) is 13.1 Å². The zero-order valence-electron chi connectivity index (χ0n) is 15.1. The molecule has 1 N–H and O–H groups in total. The van der Waals surface area contributed by atoms with E-state index in [0.29, 0.717) is 11.5 Å². The molecule has 0 radical (unpaired) electrons. The topological polar surface area (TPSA) is 82.7 Å². The van der Waals surface area contributed by atoms with Crippen LogP contribution in [0.3, 0.4) is 0 Å². The highest BCUT2D eigenvalue weighted by Gasteiger charge is 2.12. The van der Waals surface area contributed by atoms with Gasteiger partial charge >= 0.3 is 5.69 Å². The average molecular weight is 368 g/mol. The summed E-state index contributed by atoms with van der Waals surface area (Å²) >= 11 is 0. The quantitative estimate of drug-likeness (QED) is 0.718. The standard InChI is InChI=1S/C20H20N2O5/c1-26-16-7-3-14(4-8-16)12-21-18(23)11-19(24)22(20(21)25)13-15-5-9-17(27-2)10-6-15/h3-11,23H,12-13H2,1-2H3. The van der Waals surface area contributed by atoms with Crippen LogP contribution in [0.15, 0.2) is 64.2 Å². The highest BCUT2D eigenvalue weighted by molar-refractivity contribution is 5.29. The molecule has 0 unspecified atom stereocenters. The van der Waals surface area contributed by atoms with E-state index in [-0.39, 0.29) is 19.0 Å². The normalized spacial score (nSPS) is 10.6. The molecule has 0 spiro atoms. The van der Waals surface area contributed by atoms with E-state index in [0.717, 1.165) is 26.3 Å². The maximum atomic E-state index is 12.8. The molecule has 2 aromatic carbocycles. The molecule has 1 heterocycles. The number of benzene rings is 2. The summed E-state index contributed by atoms with van der Waals surface area (Å²) in [5.74, 6) is 1.01. The first-order valence-corrected chi connectivity index (χ1v) is 8.31. The number of aromatic nitrogens is 2. The summed E-state index contributed by atoms with van der Waals surface area (Å²) in [6, 6.07) is 15.3. The molecule has 3 aromatic rings. The molecule has 3 rings (SSSR count). The lowest BCUT2D eigenvalue weighted by molar-refractivity contribution is 0.399. The van der Waals surface area contributed by atoms with Crippen molar-refractivity contribution >= 4 is 0 Å².